The molecule has 3 nitrogen and oxygen atoms in total. The summed E-state index contributed by atoms with van der Waals surface area (Å²) < 4.78 is 0. The van der Waals surface area contributed by atoms with E-state index in [-0.39, 0.29) is 0 Å². The summed E-state index contributed by atoms with van der Waals surface area (Å²) in [5, 5.41) is 0. The van der Waals surface area contributed by atoms with E-state index in [1.54, 1.807) is 0 Å². The summed E-state index contributed by atoms with van der Waals surface area (Å²) in [5.74, 6) is 0.772. The number of benzene rings is 1. The molecule has 1 heterocycles. The van der Waals surface area contributed by atoms with E-state index in [0.717, 1.165) is 32.0 Å². The highest BCUT2D eigenvalue weighted by atomic mass is 15.3. The zero-order chi connectivity index (χ0) is 14.5. The lowest BCUT2D eigenvalue weighted by Gasteiger charge is -2.41. The van der Waals surface area contributed by atoms with E-state index in [1.807, 2.05) is 0 Å². The Morgan fingerprint density at radius 1 is 1.05 bits per heavy atom. The lowest BCUT2D eigenvalue weighted by molar-refractivity contribution is 0.145. The number of nitrogens with zero attached hydrogens (tertiary/aromatic N) is 2. The van der Waals surface area contributed by atoms with Gasteiger partial charge in [-0.3, -0.25) is 4.99 Å². The average molecular weight is 285 g/mol. The minimum Gasteiger partial charge on any atom is -0.370 e. The first-order valence-electron chi connectivity index (χ1n) is 8.36. The van der Waals surface area contributed by atoms with Gasteiger partial charge in [0.05, 0.1) is 0 Å². The molecule has 2 fully saturated rings. The number of guanidine groups is 1. The lowest BCUT2D eigenvalue weighted by Crippen LogP contribution is -2.42. The van der Waals surface area contributed by atoms with Crippen molar-refractivity contribution in [3.05, 3.63) is 35.9 Å². The second-order valence-corrected chi connectivity index (χ2v) is 6.74. The Hall–Kier alpha value is -1.51. The number of nitrogens with two attached hydrogens (primary N) is 1. The minimum absolute atomic E-state index is 0.363. The Morgan fingerprint density at radius 3 is 2.38 bits per heavy atom. The van der Waals surface area contributed by atoms with Crippen molar-refractivity contribution in [2.75, 3.05) is 19.6 Å². The Kier molecular flexibility index (Phi) is 4.47. The zero-order valence-corrected chi connectivity index (χ0v) is 12.9. The van der Waals surface area contributed by atoms with Gasteiger partial charge in [0.1, 0.15) is 0 Å². The largest absolute Gasteiger partial charge is 0.370 e. The fourth-order valence-corrected chi connectivity index (χ4v) is 3.57. The summed E-state index contributed by atoms with van der Waals surface area (Å²) in [5.41, 5.74) is 8.00. The normalized spacial score (nSPS) is 21.9. The van der Waals surface area contributed by atoms with Crippen molar-refractivity contribution < 1.29 is 0 Å². The molecular formula is C18H27N3. The molecule has 1 aliphatic heterocycles. The molecular weight excluding hydrogens is 258 g/mol. The summed E-state index contributed by atoms with van der Waals surface area (Å²) >= 11 is 0. The number of aliphatic imine (C=N–C) groups is 1. The summed E-state index contributed by atoms with van der Waals surface area (Å²) in [6.45, 7) is 3.06. The number of hydrogen-bond acceptors (Lipinski definition) is 1. The van der Waals surface area contributed by atoms with E-state index in [0.29, 0.717) is 5.41 Å². The first-order valence-corrected chi connectivity index (χ1v) is 8.36. The first-order chi connectivity index (χ1) is 10.3. The van der Waals surface area contributed by atoms with E-state index in [9.17, 15) is 0 Å². The second-order valence-electron chi connectivity index (χ2n) is 6.74. The van der Waals surface area contributed by atoms with Crippen LogP contribution in [0.25, 0.3) is 0 Å². The Balaban J connectivity index is 1.61. The third-order valence-corrected chi connectivity index (χ3v) is 5.09. The maximum Gasteiger partial charge on any atom is 0.191 e. The van der Waals surface area contributed by atoms with Crippen LogP contribution in [0.2, 0.25) is 0 Å². The number of hydrogen-bond donors (Lipinski definition) is 1. The Morgan fingerprint density at radius 2 is 1.76 bits per heavy atom. The van der Waals surface area contributed by atoms with E-state index >= 15 is 0 Å². The fourth-order valence-electron chi connectivity index (χ4n) is 3.57. The van der Waals surface area contributed by atoms with E-state index in [1.165, 1.54) is 44.1 Å². The molecule has 114 valence electrons. The highest BCUT2D eigenvalue weighted by Gasteiger charge is 2.36. The van der Waals surface area contributed by atoms with Crippen molar-refractivity contribution in [1.82, 2.24) is 4.90 Å². The molecule has 1 saturated heterocycles. The molecule has 2 aliphatic rings. The SMILES string of the molecule is NC(=NCC1(Cc2ccccc2)CCC1)N1CCCCC1. The first kappa shape index (κ1) is 14.4. The van der Waals surface area contributed by atoms with Crippen molar-refractivity contribution >= 4 is 5.96 Å². The fraction of sp³-hybridized carbons (Fsp3) is 0.611. The summed E-state index contributed by atoms with van der Waals surface area (Å²) in [6.07, 6.45) is 8.91. The molecule has 0 aromatic heterocycles. The van der Waals surface area contributed by atoms with Gasteiger partial charge in [-0.1, -0.05) is 36.8 Å². The van der Waals surface area contributed by atoms with Gasteiger partial charge in [0.25, 0.3) is 0 Å². The van der Waals surface area contributed by atoms with Gasteiger partial charge in [0.2, 0.25) is 0 Å². The van der Waals surface area contributed by atoms with Crippen molar-refractivity contribution in [1.29, 1.82) is 0 Å². The van der Waals surface area contributed by atoms with Crippen LogP contribution in [0.3, 0.4) is 0 Å². The average Bonchev–Trinajstić information content (AvgIpc) is 2.51. The third-order valence-electron chi connectivity index (χ3n) is 5.09. The van der Waals surface area contributed by atoms with Crippen molar-refractivity contribution in [2.45, 2.75) is 44.9 Å². The third kappa shape index (κ3) is 3.58. The molecule has 1 saturated carbocycles. The topological polar surface area (TPSA) is 41.6 Å². The molecule has 3 rings (SSSR count). The van der Waals surface area contributed by atoms with Crippen LogP contribution in [0.5, 0.6) is 0 Å². The quantitative estimate of drug-likeness (QED) is 0.682. The van der Waals surface area contributed by atoms with Gasteiger partial charge in [0, 0.05) is 19.6 Å². The maximum atomic E-state index is 6.20. The number of rotatable bonds is 4. The molecule has 0 unspecified atom stereocenters. The highest BCUT2D eigenvalue weighted by Crippen LogP contribution is 2.44. The Labute approximate surface area is 128 Å². The standard InChI is InChI=1S/C18H27N3/c19-17(21-12-5-2-6-13-21)20-15-18(10-7-11-18)14-16-8-3-1-4-9-16/h1,3-4,8-9H,2,5-7,10-15H2,(H2,19,20). The van der Waals surface area contributed by atoms with Crippen molar-refractivity contribution in [2.24, 2.45) is 16.1 Å². The molecule has 0 atom stereocenters. The maximum absolute atomic E-state index is 6.20. The van der Waals surface area contributed by atoms with Gasteiger partial charge in [-0.2, -0.15) is 0 Å². The molecule has 0 radical (unpaired) electrons. The predicted octanol–water partition coefficient (Wildman–Crippen LogP) is 3.20. The molecule has 2 N–H and O–H groups in total. The highest BCUT2D eigenvalue weighted by molar-refractivity contribution is 5.78. The minimum atomic E-state index is 0.363. The van der Waals surface area contributed by atoms with Gasteiger partial charge in [-0.25, -0.2) is 0 Å². The van der Waals surface area contributed by atoms with Gasteiger partial charge >= 0.3 is 0 Å². The van der Waals surface area contributed by atoms with Crippen molar-refractivity contribution in [3.8, 4) is 0 Å². The van der Waals surface area contributed by atoms with Crippen LogP contribution < -0.4 is 5.73 Å². The predicted molar refractivity (Wildman–Crippen MR) is 88.3 cm³/mol. The smallest absolute Gasteiger partial charge is 0.191 e. The molecule has 1 aliphatic carbocycles. The zero-order valence-electron chi connectivity index (χ0n) is 12.9. The molecule has 3 heteroatoms. The van der Waals surface area contributed by atoms with Crippen LogP contribution in [-0.4, -0.2) is 30.5 Å². The number of piperidine rings is 1. The van der Waals surface area contributed by atoms with Gasteiger partial charge < -0.3 is 10.6 Å². The second kappa shape index (κ2) is 6.50. The summed E-state index contributed by atoms with van der Waals surface area (Å²) in [6, 6.07) is 10.8. The van der Waals surface area contributed by atoms with Crippen LogP contribution in [0.4, 0.5) is 0 Å². The lowest BCUT2D eigenvalue weighted by atomic mass is 9.65. The molecule has 0 amide bonds. The van der Waals surface area contributed by atoms with E-state index in [2.05, 4.69) is 35.2 Å². The molecule has 0 spiro atoms. The van der Waals surface area contributed by atoms with Crippen LogP contribution >= 0.6 is 0 Å². The van der Waals surface area contributed by atoms with Crippen molar-refractivity contribution in [3.63, 3.8) is 0 Å². The van der Waals surface area contributed by atoms with Gasteiger partial charge in [-0.05, 0) is 49.5 Å². The Bertz CT molecular complexity index is 470. The van der Waals surface area contributed by atoms with Crippen LogP contribution in [0.1, 0.15) is 44.1 Å². The molecule has 0 bridgehead atoms. The number of likely N-dealkylation sites (tertiary alicyclic amines) is 1. The van der Waals surface area contributed by atoms with Crippen LogP contribution in [-0.2, 0) is 6.42 Å². The van der Waals surface area contributed by atoms with E-state index < -0.39 is 0 Å². The molecule has 1 aromatic carbocycles. The summed E-state index contributed by atoms with van der Waals surface area (Å²) in [4.78, 5) is 7.02. The molecule has 21 heavy (non-hydrogen) atoms. The van der Waals surface area contributed by atoms with Crippen LogP contribution in [0, 0.1) is 5.41 Å². The monoisotopic (exact) mass is 285 g/mol. The van der Waals surface area contributed by atoms with E-state index in [4.69, 9.17) is 10.7 Å². The van der Waals surface area contributed by atoms with Gasteiger partial charge in [-0.15, -0.1) is 0 Å². The van der Waals surface area contributed by atoms with Crippen LogP contribution in [0.15, 0.2) is 35.3 Å². The van der Waals surface area contributed by atoms with Gasteiger partial charge in [0.15, 0.2) is 5.96 Å². The molecule has 1 aromatic rings. The summed E-state index contributed by atoms with van der Waals surface area (Å²) in [7, 11) is 0.